The predicted molar refractivity (Wildman–Crippen MR) is 115 cm³/mol. The zero-order valence-electron chi connectivity index (χ0n) is 15.2. The lowest BCUT2D eigenvalue weighted by molar-refractivity contribution is -0.115. The van der Waals surface area contributed by atoms with E-state index in [1.54, 1.807) is 13.3 Å². The molecule has 0 fully saturated rings. The van der Waals surface area contributed by atoms with Crippen molar-refractivity contribution in [3.8, 4) is 17.0 Å². The third-order valence-corrected chi connectivity index (χ3v) is 4.82. The largest absolute Gasteiger partial charge is 0.497 e. The first kappa shape index (κ1) is 19.3. The summed E-state index contributed by atoms with van der Waals surface area (Å²) in [5.41, 5.74) is 3.45. The number of rotatable bonds is 6. The smallest absolute Gasteiger partial charge is 0.229 e. The number of carbonyl (C=O) groups is 1. The van der Waals surface area contributed by atoms with E-state index >= 15 is 0 Å². The highest BCUT2D eigenvalue weighted by Crippen LogP contribution is 2.22. The van der Waals surface area contributed by atoms with Crippen molar-refractivity contribution in [1.29, 1.82) is 0 Å². The fourth-order valence-corrected chi connectivity index (χ4v) is 3.00. The van der Waals surface area contributed by atoms with Gasteiger partial charge in [-0.15, -0.1) is 0 Å². The van der Waals surface area contributed by atoms with Crippen molar-refractivity contribution in [2.75, 3.05) is 12.4 Å². The van der Waals surface area contributed by atoms with Crippen LogP contribution in [0.2, 0.25) is 0 Å². The van der Waals surface area contributed by atoms with Crippen LogP contribution in [0.25, 0.3) is 11.3 Å². The first-order valence-electron chi connectivity index (χ1n) is 8.63. The molecule has 3 rings (SSSR count). The van der Waals surface area contributed by atoms with Crippen LogP contribution in [0.5, 0.6) is 5.75 Å². The normalized spacial score (nSPS) is 10.5. The van der Waals surface area contributed by atoms with Gasteiger partial charge in [0.25, 0.3) is 0 Å². The first-order chi connectivity index (χ1) is 13.1. The van der Waals surface area contributed by atoms with E-state index < -0.39 is 0 Å². The summed E-state index contributed by atoms with van der Waals surface area (Å²) in [6.07, 6.45) is 2.67. The summed E-state index contributed by atoms with van der Waals surface area (Å²) in [6, 6.07) is 15.6. The summed E-state index contributed by atoms with van der Waals surface area (Å²) in [6.45, 7) is 2.00. The van der Waals surface area contributed by atoms with E-state index in [0.717, 1.165) is 31.8 Å². The zero-order chi connectivity index (χ0) is 19.2. The number of nitrogens with zero attached hydrogens (tertiary/aromatic N) is 2. The van der Waals surface area contributed by atoms with E-state index in [4.69, 9.17) is 4.74 Å². The Balaban J connectivity index is 1.75. The minimum Gasteiger partial charge on any atom is -0.497 e. The van der Waals surface area contributed by atoms with E-state index in [2.05, 4.69) is 37.9 Å². The zero-order valence-corrected chi connectivity index (χ0v) is 17.4. The van der Waals surface area contributed by atoms with Crippen LogP contribution in [0.1, 0.15) is 18.2 Å². The Morgan fingerprint density at radius 2 is 1.81 bits per heavy atom. The average Bonchev–Trinajstić information content (AvgIpc) is 2.70. The van der Waals surface area contributed by atoms with E-state index in [-0.39, 0.29) is 5.91 Å². The minimum absolute atomic E-state index is 0.0996. The summed E-state index contributed by atoms with van der Waals surface area (Å²) in [5.74, 6) is 1.21. The summed E-state index contributed by atoms with van der Waals surface area (Å²) in [5, 5.41) is 2.89. The fourth-order valence-electron chi connectivity index (χ4n) is 2.64. The Morgan fingerprint density at radius 1 is 1.11 bits per heavy atom. The summed E-state index contributed by atoms with van der Waals surface area (Å²) in [7, 11) is 1.64. The van der Waals surface area contributed by atoms with Gasteiger partial charge in [-0.2, -0.15) is 0 Å². The topological polar surface area (TPSA) is 64.1 Å². The van der Waals surface area contributed by atoms with Crippen LogP contribution in [0.4, 0.5) is 5.82 Å². The lowest BCUT2D eigenvalue weighted by Gasteiger charge is -2.11. The van der Waals surface area contributed by atoms with E-state index in [0.29, 0.717) is 18.7 Å². The van der Waals surface area contributed by atoms with Crippen LogP contribution in [0.3, 0.4) is 0 Å². The Bertz CT molecular complexity index is 925. The van der Waals surface area contributed by atoms with Crippen molar-refractivity contribution < 1.29 is 9.53 Å². The van der Waals surface area contributed by atoms with Crippen LogP contribution in [0.15, 0.2) is 54.7 Å². The molecule has 3 aromatic rings. The Labute approximate surface area is 172 Å². The van der Waals surface area contributed by atoms with Gasteiger partial charge in [0, 0.05) is 9.13 Å². The van der Waals surface area contributed by atoms with Crippen molar-refractivity contribution in [1.82, 2.24) is 9.97 Å². The van der Waals surface area contributed by atoms with Gasteiger partial charge in [0.05, 0.1) is 31.1 Å². The third-order valence-electron chi connectivity index (χ3n) is 4.10. The number of anilines is 1. The molecule has 0 bridgehead atoms. The standard InChI is InChI=1S/C21H20IN3O2/c1-3-18-21(25-20(26)12-14-4-8-16(22)9-5-14)23-13-19(24-18)15-6-10-17(27-2)11-7-15/h4-11,13H,3,12H2,1-2H3,(H,23,25,26). The lowest BCUT2D eigenvalue weighted by Crippen LogP contribution is -2.17. The van der Waals surface area contributed by atoms with E-state index in [1.807, 2.05) is 55.5 Å². The second-order valence-electron chi connectivity index (χ2n) is 5.98. The quantitative estimate of drug-likeness (QED) is 0.536. The molecular formula is C21H20IN3O2. The molecule has 1 N–H and O–H groups in total. The summed E-state index contributed by atoms with van der Waals surface area (Å²) < 4.78 is 6.33. The second-order valence-corrected chi connectivity index (χ2v) is 7.23. The van der Waals surface area contributed by atoms with Crippen LogP contribution >= 0.6 is 22.6 Å². The second kappa shape index (κ2) is 8.94. The highest BCUT2D eigenvalue weighted by molar-refractivity contribution is 14.1. The summed E-state index contributed by atoms with van der Waals surface area (Å²) >= 11 is 2.24. The number of aromatic nitrogens is 2. The van der Waals surface area contributed by atoms with Crippen LogP contribution < -0.4 is 10.1 Å². The van der Waals surface area contributed by atoms with Gasteiger partial charge in [-0.25, -0.2) is 9.97 Å². The Hall–Kier alpha value is -2.48. The number of hydrogen-bond donors (Lipinski definition) is 1. The van der Waals surface area contributed by atoms with Gasteiger partial charge in [0.2, 0.25) is 5.91 Å². The van der Waals surface area contributed by atoms with Crippen molar-refractivity contribution >= 4 is 34.3 Å². The maximum atomic E-state index is 12.4. The van der Waals surface area contributed by atoms with Gasteiger partial charge in [-0.1, -0.05) is 19.1 Å². The number of aryl methyl sites for hydroxylation is 1. The molecule has 0 aliphatic rings. The van der Waals surface area contributed by atoms with Gasteiger partial charge < -0.3 is 10.1 Å². The highest BCUT2D eigenvalue weighted by Gasteiger charge is 2.11. The molecule has 0 unspecified atom stereocenters. The number of ether oxygens (including phenoxy) is 1. The first-order valence-corrected chi connectivity index (χ1v) is 9.71. The monoisotopic (exact) mass is 473 g/mol. The van der Waals surface area contributed by atoms with Gasteiger partial charge >= 0.3 is 0 Å². The Kier molecular flexibility index (Phi) is 6.39. The molecule has 0 aliphatic heterocycles. The molecule has 1 aromatic heterocycles. The molecule has 0 atom stereocenters. The Morgan fingerprint density at radius 3 is 2.44 bits per heavy atom. The highest BCUT2D eigenvalue weighted by atomic mass is 127. The molecule has 138 valence electrons. The molecular weight excluding hydrogens is 453 g/mol. The number of benzene rings is 2. The SMILES string of the molecule is CCc1nc(-c2ccc(OC)cc2)cnc1NC(=O)Cc1ccc(I)cc1. The number of amides is 1. The van der Waals surface area contributed by atoms with Crippen LogP contribution in [-0.2, 0) is 17.6 Å². The van der Waals surface area contributed by atoms with Crippen molar-refractivity contribution in [2.24, 2.45) is 0 Å². The molecule has 2 aromatic carbocycles. The van der Waals surface area contributed by atoms with Gasteiger partial charge in [0.1, 0.15) is 5.75 Å². The minimum atomic E-state index is -0.0996. The molecule has 5 nitrogen and oxygen atoms in total. The molecule has 0 aliphatic carbocycles. The van der Waals surface area contributed by atoms with E-state index in [9.17, 15) is 4.79 Å². The average molecular weight is 473 g/mol. The molecule has 6 heteroatoms. The molecule has 0 saturated carbocycles. The number of nitrogens with one attached hydrogen (secondary N) is 1. The van der Waals surface area contributed by atoms with Crippen LogP contribution in [-0.4, -0.2) is 23.0 Å². The van der Waals surface area contributed by atoms with Crippen molar-refractivity contribution in [3.63, 3.8) is 0 Å². The maximum Gasteiger partial charge on any atom is 0.229 e. The molecule has 0 spiro atoms. The number of methoxy groups -OCH3 is 1. The maximum absolute atomic E-state index is 12.4. The van der Waals surface area contributed by atoms with Gasteiger partial charge in [0.15, 0.2) is 5.82 Å². The van der Waals surface area contributed by atoms with Crippen molar-refractivity contribution in [3.05, 3.63) is 69.6 Å². The van der Waals surface area contributed by atoms with Crippen molar-refractivity contribution in [2.45, 2.75) is 19.8 Å². The number of carbonyl (C=O) groups excluding carboxylic acids is 1. The van der Waals surface area contributed by atoms with Gasteiger partial charge in [-0.3, -0.25) is 4.79 Å². The summed E-state index contributed by atoms with van der Waals surface area (Å²) in [4.78, 5) is 21.5. The number of halogens is 1. The fraction of sp³-hybridized carbons (Fsp3) is 0.190. The predicted octanol–water partition coefficient (Wildman–Crippen LogP) is 4.50. The molecule has 1 amide bonds. The lowest BCUT2D eigenvalue weighted by atomic mass is 10.1. The molecule has 0 radical (unpaired) electrons. The van der Waals surface area contributed by atoms with E-state index in [1.165, 1.54) is 0 Å². The molecule has 0 saturated heterocycles. The molecule has 27 heavy (non-hydrogen) atoms. The third kappa shape index (κ3) is 5.03. The van der Waals surface area contributed by atoms with Gasteiger partial charge in [-0.05, 0) is 71.0 Å². The molecule has 1 heterocycles. The number of hydrogen-bond acceptors (Lipinski definition) is 4. The van der Waals surface area contributed by atoms with Crippen LogP contribution in [0, 0.1) is 3.57 Å².